The molecule has 0 aliphatic heterocycles. The first-order valence-corrected chi connectivity index (χ1v) is 30.4. The van der Waals surface area contributed by atoms with E-state index in [0.29, 0.717) is 0 Å². The Morgan fingerprint density at radius 1 is 0.225 bits per heavy atom. The molecule has 14 aromatic rings. The third kappa shape index (κ3) is 10.3. The minimum Gasteiger partial charge on any atom is -0.311 e. The number of para-hydroxylation sites is 7. The summed E-state index contributed by atoms with van der Waals surface area (Å²) in [7, 11) is 0. The molecule has 0 bridgehead atoms. The molecule has 0 amide bonds. The van der Waals surface area contributed by atoms with Gasteiger partial charge in [-0.25, -0.2) is 9.97 Å². The highest BCUT2D eigenvalue weighted by Gasteiger charge is 2.35. The van der Waals surface area contributed by atoms with Crippen LogP contribution >= 0.6 is 0 Å². The largest absolute Gasteiger partial charge is 0.311 e. The molecule has 1 heterocycles. The maximum absolute atomic E-state index is 5.76. The molecule has 15 rings (SSSR count). The van der Waals surface area contributed by atoms with Gasteiger partial charge >= 0.3 is 0 Å². The van der Waals surface area contributed by atoms with Gasteiger partial charge in [-0.1, -0.05) is 196 Å². The van der Waals surface area contributed by atoms with Crippen molar-refractivity contribution in [2.75, 3.05) is 19.6 Å². The lowest BCUT2D eigenvalue weighted by atomic mass is 9.81. The zero-order valence-corrected chi connectivity index (χ0v) is 49.5. The monoisotopic (exact) mass is 1140 g/mol. The lowest BCUT2D eigenvalue weighted by Crippen LogP contribution is -2.14. The third-order valence-corrected chi connectivity index (χ3v) is 17.2. The van der Waals surface area contributed by atoms with Crippen LogP contribution in [0.25, 0.3) is 55.8 Å². The molecule has 6 nitrogen and oxygen atoms in total. The Bertz CT molecular complexity index is 4680. The highest BCUT2D eigenvalue weighted by Crippen LogP contribution is 2.50. The molecule has 424 valence electrons. The van der Waals surface area contributed by atoms with Crippen LogP contribution in [0.2, 0.25) is 0 Å². The van der Waals surface area contributed by atoms with E-state index in [-0.39, 0.29) is 5.41 Å². The van der Waals surface area contributed by atoms with Crippen molar-refractivity contribution < 1.29 is 0 Å². The van der Waals surface area contributed by atoms with Gasteiger partial charge in [-0.2, -0.15) is 0 Å². The van der Waals surface area contributed by atoms with Gasteiger partial charge in [0.15, 0.2) is 0 Å². The summed E-state index contributed by atoms with van der Waals surface area (Å²) in [6.45, 7) is 4.68. The van der Waals surface area contributed by atoms with Crippen molar-refractivity contribution in [3.63, 3.8) is 0 Å². The summed E-state index contributed by atoms with van der Waals surface area (Å²) in [5, 5.41) is 0. The third-order valence-electron chi connectivity index (χ3n) is 17.2. The molecule has 0 saturated heterocycles. The van der Waals surface area contributed by atoms with Gasteiger partial charge in [0.25, 0.3) is 0 Å². The molecule has 6 heteroatoms. The van der Waals surface area contributed by atoms with Crippen LogP contribution in [0.1, 0.15) is 25.0 Å². The van der Waals surface area contributed by atoms with E-state index in [1.54, 1.807) is 0 Å². The predicted octanol–water partition coefficient (Wildman–Crippen LogP) is 22.8. The van der Waals surface area contributed by atoms with E-state index in [1.165, 1.54) is 22.3 Å². The fourth-order valence-corrected chi connectivity index (χ4v) is 12.9. The average Bonchev–Trinajstić information content (AvgIpc) is 1.73. The molecule has 0 saturated carbocycles. The van der Waals surface area contributed by atoms with Crippen molar-refractivity contribution in [3.05, 3.63) is 351 Å². The Labute approximate surface area is 520 Å². The van der Waals surface area contributed by atoms with Crippen LogP contribution in [-0.2, 0) is 5.41 Å². The van der Waals surface area contributed by atoms with Gasteiger partial charge in [0.1, 0.15) is 0 Å². The number of fused-ring (bicyclic) bond motifs is 4. The van der Waals surface area contributed by atoms with E-state index in [4.69, 9.17) is 9.97 Å². The molecular weight excluding hydrogens is 1080 g/mol. The van der Waals surface area contributed by atoms with Crippen molar-refractivity contribution in [1.29, 1.82) is 0 Å². The van der Waals surface area contributed by atoms with Gasteiger partial charge in [-0.05, 0) is 186 Å². The fourth-order valence-electron chi connectivity index (χ4n) is 12.9. The number of anilines is 12. The minimum absolute atomic E-state index is 0.156. The Morgan fingerprint density at radius 3 is 0.876 bits per heavy atom. The molecule has 89 heavy (non-hydrogen) atoms. The van der Waals surface area contributed by atoms with Crippen molar-refractivity contribution in [3.8, 4) is 44.8 Å². The quantitative estimate of drug-likeness (QED) is 0.102. The highest BCUT2D eigenvalue weighted by atomic mass is 15.2. The molecule has 0 unspecified atom stereocenters. The number of benzene rings is 13. The van der Waals surface area contributed by atoms with Gasteiger partial charge in [0.05, 0.1) is 22.4 Å². The number of nitrogens with zero attached hydrogens (tertiary/aromatic N) is 6. The molecular formula is C83H62N6. The molecule has 0 spiro atoms. The average molecular weight is 1140 g/mol. The van der Waals surface area contributed by atoms with E-state index in [0.717, 1.165) is 113 Å². The first-order valence-electron chi connectivity index (χ1n) is 30.4. The van der Waals surface area contributed by atoms with Gasteiger partial charge in [0.2, 0.25) is 0 Å². The van der Waals surface area contributed by atoms with Gasteiger partial charge in [0, 0.05) is 90.4 Å². The molecule has 1 aromatic heterocycles. The standard InChI is InChI=1S/C83H62N6/c1-83(2)77-38-22-21-36-75(77)76-57-44-61(58-78(76)83)74-37-23-39-79-82(74)85-81(60-42-47-69(48-43-60)89(67-34-19-8-20-35-67)73-55-51-71(52-56-73)87(64-28-13-5-14-29-64)65-30-15-6-16-31-65)80(84-79)59-40-45-68(46-41-59)88(66-32-17-7-18-33-66)72-53-49-70(50-54-72)86(62-24-9-3-10-25-62)63-26-11-4-12-27-63/h3-58H,1-2H3. The van der Waals surface area contributed by atoms with Crippen LogP contribution in [0.5, 0.6) is 0 Å². The normalized spacial score (nSPS) is 12.0. The van der Waals surface area contributed by atoms with Crippen molar-refractivity contribution in [1.82, 2.24) is 9.97 Å². The Balaban J connectivity index is 0.830. The Kier molecular flexibility index (Phi) is 14.2. The minimum atomic E-state index is -0.156. The van der Waals surface area contributed by atoms with Crippen LogP contribution in [0.4, 0.5) is 68.2 Å². The van der Waals surface area contributed by atoms with Crippen LogP contribution in [0.15, 0.2) is 340 Å². The van der Waals surface area contributed by atoms with Crippen molar-refractivity contribution in [2.45, 2.75) is 19.3 Å². The van der Waals surface area contributed by atoms with Crippen LogP contribution in [0.3, 0.4) is 0 Å². The van der Waals surface area contributed by atoms with Gasteiger partial charge < -0.3 is 19.6 Å². The van der Waals surface area contributed by atoms with Crippen LogP contribution in [0, 0.1) is 0 Å². The summed E-state index contributed by atoms with van der Waals surface area (Å²) in [5.74, 6) is 0. The van der Waals surface area contributed by atoms with Gasteiger partial charge in [-0.3, -0.25) is 0 Å². The molecule has 0 fully saturated rings. The van der Waals surface area contributed by atoms with Crippen molar-refractivity contribution in [2.24, 2.45) is 0 Å². The SMILES string of the molecule is CC1(C)c2ccccc2-c2ccc(-c3cccc4nc(-c5ccc(N(c6ccccc6)c6ccc(N(c7ccccc7)c7ccccc7)cc6)cc5)c(-c5ccc(N(c6ccccc6)c6ccc(N(c7ccccc7)c7ccccc7)cc6)cc5)nc34)cc21. The molecule has 0 N–H and O–H groups in total. The first kappa shape index (κ1) is 54.1. The summed E-state index contributed by atoms with van der Waals surface area (Å²) in [6, 6.07) is 121. The smallest absolute Gasteiger partial charge is 0.0973 e. The maximum Gasteiger partial charge on any atom is 0.0973 e. The molecule has 13 aromatic carbocycles. The summed E-state index contributed by atoms with van der Waals surface area (Å²) in [5.41, 5.74) is 25.2. The second kappa shape index (κ2) is 23.3. The molecule has 1 aliphatic rings. The van der Waals surface area contributed by atoms with E-state index < -0.39 is 0 Å². The number of hydrogen-bond donors (Lipinski definition) is 0. The lowest BCUT2D eigenvalue weighted by molar-refractivity contribution is 0.660. The maximum atomic E-state index is 5.76. The number of rotatable bonds is 15. The first-order chi connectivity index (χ1) is 43.9. The molecule has 0 radical (unpaired) electrons. The Morgan fingerprint density at radius 2 is 0.506 bits per heavy atom. The molecule has 0 atom stereocenters. The molecule has 1 aliphatic carbocycles. The summed E-state index contributed by atoms with van der Waals surface area (Å²) in [4.78, 5) is 20.6. The lowest BCUT2D eigenvalue weighted by Gasteiger charge is -2.28. The topological polar surface area (TPSA) is 38.7 Å². The second-order valence-electron chi connectivity index (χ2n) is 23.0. The summed E-state index contributed by atoms with van der Waals surface area (Å²) in [6.07, 6.45) is 0. The van der Waals surface area contributed by atoms with E-state index in [2.05, 4.69) is 373 Å². The highest BCUT2D eigenvalue weighted by molar-refractivity contribution is 5.97. The Hall–Kier alpha value is -11.6. The van der Waals surface area contributed by atoms with Crippen LogP contribution < -0.4 is 19.6 Å². The van der Waals surface area contributed by atoms with E-state index in [1.807, 2.05) is 0 Å². The summed E-state index contributed by atoms with van der Waals surface area (Å²) < 4.78 is 0. The van der Waals surface area contributed by atoms with Crippen LogP contribution in [-0.4, -0.2) is 9.97 Å². The van der Waals surface area contributed by atoms with Gasteiger partial charge in [-0.15, -0.1) is 0 Å². The zero-order chi connectivity index (χ0) is 59.7. The number of hydrogen-bond acceptors (Lipinski definition) is 6. The summed E-state index contributed by atoms with van der Waals surface area (Å²) >= 11 is 0. The van der Waals surface area contributed by atoms with E-state index >= 15 is 0 Å². The van der Waals surface area contributed by atoms with Crippen molar-refractivity contribution >= 4 is 79.3 Å². The number of aromatic nitrogens is 2. The fraction of sp³-hybridized carbons (Fsp3) is 0.0361. The zero-order valence-electron chi connectivity index (χ0n) is 49.5. The predicted molar refractivity (Wildman–Crippen MR) is 372 cm³/mol. The van der Waals surface area contributed by atoms with E-state index in [9.17, 15) is 0 Å². The second-order valence-corrected chi connectivity index (χ2v) is 23.0.